The smallest absolute Gasteiger partial charge is 0.449 e. The summed E-state index contributed by atoms with van der Waals surface area (Å²) in [5, 5.41) is 2.76. The molecule has 180 valence electrons. The summed E-state index contributed by atoms with van der Waals surface area (Å²) in [6.07, 6.45) is -3.99. The fourth-order valence-corrected chi connectivity index (χ4v) is 4.00. The van der Waals surface area contributed by atoms with Gasteiger partial charge in [0.25, 0.3) is 0 Å². The zero-order valence-corrected chi connectivity index (χ0v) is 18.3. The molecule has 5 rings (SSSR count). The molecule has 1 aromatic heterocycles. The SMILES string of the molecule is C[C@H](NC(=O)Cn1c(C(F)(F)F)nc2cc3c(cc21)OCCO3)c1ccc2c(c1)OCCCO2. The van der Waals surface area contributed by atoms with E-state index in [9.17, 15) is 18.0 Å². The van der Waals surface area contributed by atoms with Crippen molar-refractivity contribution in [3.8, 4) is 23.0 Å². The number of carbonyl (C=O) groups is 1. The maximum Gasteiger partial charge on any atom is 0.449 e. The first-order valence-corrected chi connectivity index (χ1v) is 10.9. The quantitative estimate of drug-likeness (QED) is 0.615. The maximum atomic E-state index is 13.7. The van der Waals surface area contributed by atoms with E-state index in [-0.39, 0.29) is 17.6 Å². The highest BCUT2D eigenvalue weighted by Gasteiger charge is 2.38. The maximum absolute atomic E-state index is 13.7. The van der Waals surface area contributed by atoms with E-state index >= 15 is 0 Å². The molecule has 0 bridgehead atoms. The van der Waals surface area contributed by atoms with E-state index in [0.29, 0.717) is 42.8 Å². The van der Waals surface area contributed by atoms with Gasteiger partial charge in [-0.3, -0.25) is 4.79 Å². The number of ether oxygens (including phenoxy) is 4. The lowest BCUT2D eigenvalue weighted by Gasteiger charge is -2.19. The highest BCUT2D eigenvalue weighted by atomic mass is 19.4. The van der Waals surface area contributed by atoms with Crippen molar-refractivity contribution < 1.29 is 36.9 Å². The van der Waals surface area contributed by atoms with Gasteiger partial charge in [-0.25, -0.2) is 4.98 Å². The van der Waals surface area contributed by atoms with Crippen LogP contribution < -0.4 is 24.3 Å². The minimum absolute atomic E-state index is 0.0697. The summed E-state index contributed by atoms with van der Waals surface area (Å²) in [6, 6.07) is 7.66. The first-order chi connectivity index (χ1) is 16.3. The van der Waals surface area contributed by atoms with Crippen molar-refractivity contribution in [3.63, 3.8) is 0 Å². The molecule has 0 saturated heterocycles. The van der Waals surface area contributed by atoms with Gasteiger partial charge < -0.3 is 28.8 Å². The van der Waals surface area contributed by atoms with Gasteiger partial charge in [0.05, 0.1) is 30.3 Å². The van der Waals surface area contributed by atoms with Crippen molar-refractivity contribution in [1.29, 1.82) is 0 Å². The summed E-state index contributed by atoms with van der Waals surface area (Å²) in [7, 11) is 0. The number of amides is 1. The molecule has 0 spiro atoms. The zero-order valence-electron chi connectivity index (χ0n) is 18.3. The van der Waals surface area contributed by atoms with Crippen LogP contribution in [-0.2, 0) is 17.5 Å². The van der Waals surface area contributed by atoms with Crippen LogP contribution in [0.5, 0.6) is 23.0 Å². The van der Waals surface area contributed by atoms with Crippen molar-refractivity contribution in [2.75, 3.05) is 26.4 Å². The fraction of sp³-hybridized carbons (Fsp3) is 0.391. The number of imidazole rings is 1. The number of nitrogens with zero attached hydrogens (tertiary/aromatic N) is 2. The van der Waals surface area contributed by atoms with E-state index in [1.54, 1.807) is 25.1 Å². The Balaban J connectivity index is 1.40. The predicted molar refractivity (Wildman–Crippen MR) is 114 cm³/mol. The summed E-state index contributed by atoms with van der Waals surface area (Å²) < 4.78 is 64.3. The van der Waals surface area contributed by atoms with Crippen LogP contribution in [0.4, 0.5) is 13.2 Å². The van der Waals surface area contributed by atoms with E-state index in [1.165, 1.54) is 12.1 Å². The molecule has 2 aliphatic rings. The lowest BCUT2D eigenvalue weighted by molar-refractivity contribution is -0.147. The monoisotopic (exact) mass is 477 g/mol. The highest BCUT2D eigenvalue weighted by Crippen LogP contribution is 2.38. The lowest BCUT2D eigenvalue weighted by atomic mass is 10.1. The molecule has 0 radical (unpaired) electrons. The van der Waals surface area contributed by atoms with Crippen LogP contribution in [0.1, 0.15) is 30.8 Å². The highest BCUT2D eigenvalue weighted by molar-refractivity contribution is 5.84. The topological polar surface area (TPSA) is 83.8 Å². The van der Waals surface area contributed by atoms with Crippen LogP contribution in [0.3, 0.4) is 0 Å². The van der Waals surface area contributed by atoms with Gasteiger partial charge in [-0.1, -0.05) is 6.07 Å². The molecule has 2 aromatic carbocycles. The molecule has 0 aliphatic carbocycles. The molecule has 0 fully saturated rings. The van der Waals surface area contributed by atoms with E-state index in [0.717, 1.165) is 16.6 Å². The Morgan fingerprint density at radius 2 is 1.65 bits per heavy atom. The number of carbonyl (C=O) groups excluding carboxylic acids is 1. The summed E-state index contributed by atoms with van der Waals surface area (Å²) in [6.45, 7) is 2.83. The van der Waals surface area contributed by atoms with Crippen LogP contribution in [0.2, 0.25) is 0 Å². The zero-order chi connectivity index (χ0) is 23.9. The number of fused-ring (bicyclic) bond motifs is 3. The van der Waals surface area contributed by atoms with Gasteiger partial charge in [-0.2, -0.15) is 13.2 Å². The van der Waals surface area contributed by atoms with Crippen LogP contribution in [0, 0.1) is 0 Å². The number of hydrogen-bond acceptors (Lipinski definition) is 6. The van der Waals surface area contributed by atoms with Gasteiger partial charge in [-0.15, -0.1) is 0 Å². The molecular weight excluding hydrogens is 455 g/mol. The Bertz CT molecular complexity index is 1240. The molecule has 2 aliphatic heterocycles. The largest absolute Gasteiger partial charge is 0.490 e. The minimum Gasteiger partial charge on any atom is -0.490 e. The molecule has 1 amide bonds. The molecule has 11 heteroatoms. The second-order valence-corrected chi connectivity index (χ2v) is 8.05. The number of hydrogen-bond donors (Lipinski definition) is 1. The number of nitrogens with one attached hydrogen (secondary N) is 1. The van der Waals surface area contributed by atoms with Gasteiger partial charge in [0.1, 0.15) is 19.8 Å². The molecule has 0 unspecified atom stereocenters. The van der Waals surface area contributed by atoms with Crippen LogP contribution >= 0.6 is 0 Å². The third-order valence-electron chi connectivity index (χ3n) is 5.62. The molecule has 34 heavy (non-hydrogen) atoms. The number of aromatic nitrogens is 2. The number of rotatable bonds is 4. The molecule has 3 aromatic rings. The molecule has 3 heterocycles. The van der Waals surface area contributed by atoms with Crippen molar-refractivity contribution >= 4 is 16.9 Å². The van der Waals surface area contributed by atoms with Gasteiger partial charge in [-0.05, 0) is 24.6 Å². The van der Waals surface area contributed by atoms with E-state index in [2.05, 4.69) is 10.3 Å². The third kappa shape index (κ3) is 4.29. The third-order valence-corrected chi connectivity index (χ3v) is 5.62. The molecule has 8 nitrogen and oxygen atoms in total. The van der Waals surface area contributed by atoms with Crippen LogP contribution in [0.15, 0.2) is 30.3 Å². The molecule has 0 saturated carbocycles. The summed E-state index contributed by atoms with van der Waals surface area (Å²) in [4.78, 5) is 16.5. The Morgan fingerprint density at radius 1 is 1.00 bits per heavy atom. The van der Waals surface area contributed by atoms with Gasteiger partial charge in [0.15, 0.2) is 23.0 Å². The average Bonchev–Trinajstić information content (AvgIpc) is 2.99. The minimum atomic E-state index is -4.75. The van der Waals surface area contributed by atoms with Crippen LogP contribution in [0.25, 0.3) is 11.0 Å². The average molecular weight is 477 g/mol. The fourth-order valence-electron chi connectivity index (χ4n) is 4.00. The summed E-state index contributed by atoms with van der Waals surface area (Å²) >= 11 is 0. The predicted octanol–water partition coefficient (Wildman–Crippen LogP) is 3.87. The van der Waals surface area contributed by atoms with E-state index in [1.807, 2.05) is 0 Å². The molecule has 1 N–H and O–H groups in total. The Morgan fingerprint density at radius 3 is 2.38 bits per heavy atom. The molecular formula is C23H22F3N3O5. The second-order valence-electron chi connectivity index (χ2n) is 8.05. The summed E-state index contributed by atoms with van der Waals surface area (Å²) in [5.41, 5.74) is 0.944. The normalized spacial score (nSPS) is 16.1. The van der Waals surface area contributed by atoms with Crippen molar-refractivity contribution in [1.82, 2.24) is 14.9 Å². The Kier molecular flexibility index (Phi) is 5.62. The van der Waals surface area contributed by atoms with Crippen LogP contribution in [-0.4, -0.2) is 41.9 Å². The van der Waals surface area contributed by atoms with Gasteiger partial charge in [0.2, 0.25) is 11.7 Å². The Labute approximate surface area is 192 Å². The van der Waals surface area contributed by atoms with Crippen molar-refractivity contribution in [2.45, 2.75) is 32.1 Å². The summed E-state index contributed by atoms with van der Waals surface area (Å²) in [5.74, 6) is 0.0683. The number of alkyl halides is 3. The number of halogens is 3. The van der Waals surface area contributed by atoms with Crippen molar-refractivity contribution in [3.05, 3.63) is 41.7 Å². The van der Waals surface area contributed by atoms with E-state index in [4.69, 9.17) is 18.9 Å². The Hall–Kier alpha value is -3.63. The first kappa shape index (κ1) is 22.2. The van der Waals surface area contributed by atoms with E-state index < -0.39 is 30.5 Å². The van der Waals surface area contributed by atoms with Gasteiger partial charge >= 0.3 is 6.18 Å². The van der Waals surface area contributed by atoms with Gasteiger partial charge in [0, 0.05) is 18.6 Å². The first-order valence-electron chi connectivity index (χ1n) is 10.9. The second kappa shape index (κ2) is 8.62. The lowest BCUT2D eigenvalue weighted by Crippen LogP contribution is -2.31. The van der Waals surface area contributed by atoms with Crippen molar-refractivity contribution in [2.24, 2.45) is 0 Å². The number of benzene rings is 2. The standard InChI is InChI=1S/C23H22F3N3O5/c1-13(14-3-4-17-18(9-14)32-6-2-5-31-17)27-21(30)12-29-16-11-20-19(33-7-8-34-20)10-15(16)28-22(29)23(24,25)26/h3-4,9-11,13H,2,5-8,12H2,1H3,(H,27,30)/t13-/m0/s1. The molecule has 1 atom stereocenters.